The summed E-state index contributed by atoms with van der Waals surface area (Å²) in [4.78, 5) is 29.1. The fourth-order valence-electron chi connectivity index (χ4n) is 3.09. The number of anilines is 1. The minimum absolute atomic E-state index is 0.0773. The van der Waals surface area contributed by atoms with Crippen molar-refractivity contribution in [2.45, 2.75) is 0 Å². The van der Waals surface area contributed by atoms with Gasteiger partial charge in [0, 0.05) is 37.8 Å². The van der Waals surface area contributed by atoms with E-state index in [0.29, 0.717) is 35.7 Å². The summed E-state index contributed by atoms with van der Waals surface area (Å²) in [5.74, 6) is -0.403. The lowest BCUT2D eigenvalue weighted by molar-refractivity contribution is -0.111. The number of ether oxygens (including phenoxy) is 1. The maximum atomic E-state index is 13.2. The zero-order chi connectivity index (χ0) is 20.8. The van der Waals surface area contributed by atoms with Crippen LogP contribution in [0.3, 0.4) is 0 Å². The van der Waals surface area contributed by atoms with E-state index < -0.39 is 5.91 Å². The number of benzene rings is 2. The molecule has 0 spiro atoms. The SMILES string of the molecule is COc1ccc(C(=O)N2CCN(C)CC2)cc1NC(=O)C=Cc1cccc(F)c1. The third-order valence-electron chi connectivity index (χ3n) is 4.77. The molecule has 6 nitrogen and oxygen atoms in total. The quantitative estimate of drug-likeness (QED) is 0.789. The van der Waals surface area contributed by atoms with Crippen LogP contribution in [0.5, 0.6) is 5.75 Å². The number of amides is 2. The van der Waals surface area contributed by atoms with Crippen molar-refractivity contribution in [2.75, 3.05) is 45.7 Å². The average Bonchev–Trinajstić information content (AvgIpc) is 2.72. The van der Waals surface area contributed by atoms with E-state index in [2.05, 4.69) is 10.2 Å². The van der Waals surface area contributed by atoms with Gasteiger partial charge in [0.25, 0.3) is 5.91 Å². The first-order valence-electron chi connectivity index (χ1n) is 9.37. The number of halogens is 1. The van der Waals surface area contributed by atoms with Crippen LogP contribution < -0.4 is 10.1 Å². The lowest BCUT2D eigenvalue weighted by atomic mass is 10.1. The molecule has 3 rings (SSSR count). The van der Waals surface area contributed by atoms with E-state index in [1.54, 1.807) is 35.2 Å². The molecule has 2 amide bonds. The highest BCUT2D eigenvalue weighted by molar-refractivity contribution is 6.04. The van der Waals surface area contributed by atoms with Gasteiger partial charge in [0.1, 0.15) is 11.6 Å². The van der Waals surface area contributed by atoms with Crippen molar-refractivity contribution in [3.63, 3.8) is 0 Å². The number of carbonyl (C=O) groups excluding carboxylic acids is 2. The first-order chi connectivity index (χ1) is 14.0. The van der Waals surface area contributed by atoms with E-state index in [9.17, 15) is 14.0 Å². The summed E-state index contributed by atoms with van der Waals surface area (Å²) in [6.45, 7) is 2.99. The molecule has 0 saturated carbocycles. The van der Waals surface area contributed by atoms with Crippen molar-refractivity contribution in [3.8, 4) is 5.75 Å². The molecule has 7 heteroatoms. The fraction of sp³-hybridized carbons (Fsp3) is 0.273. The molecular weight excluding hydrogens is 373 g/mol. The Morgan fingerprint density at radius 1 is 1.10 bits per heavy atom. The van der Waals surface area contributed by atoms with E-state index in [0.717, 1.165) is 13.1 Å². The zero-order valence-corrected chi connectivity index (χ0v) is 16.5. The van der Waals surface area contributed by atoms with Crippen LogP contribution in [0.2, 0.25) is 0 Å². The molecule has 2 aromatic carbocycles. The molecule has 1 heterocycles. The predicted octanol–water partition coefficient (Wildman–Crippen LogP) is 2.87. The number of hydrogen-bond donors (Lipinski definition) is 1. The largest absolute Gasteiger partial charge is 0.495 e. The van der Waals surface area contributed by atoms with Crippen molar-refractivity contribution in [1.29, 1.82) is 0 Å². The Hall–Kier alpha value is -3.19. The molecule has 0 bridgehead atoms. The van der Waals surface area contributed by atoms with Crippen molar-refractivity contribution in [1.82, 2.24) is 9.80 Å². The fourth-order valence-corrected chi connectivity index (χ4v) is 3.09. The van der Waals surface area contributed by atoms with Gasteiger partial charge >= 0.3 is 0 Å². The van der Waals surface area contributed by atoms with Crippen molar-refractivity contribution >= 4 is 23.6 Å². The van der Waals surface area contributed by atoms with Gasteiger partial charge < -0.3 is 19.9 Å². The summed E-state index contributed by atoms with van der Waals surface area (Å²) in [7, 11) is 3.52. The standard InChI is InChI=1S/C22H24FN3O3/c1-25-10-12-26(13-11-25)22(28)17-7-8-20(29-2)19(15-17)24-21(27)9-6-16-4-3-5-18(23)14-16/h3-9,14-15H,10-13H2,1-2H3,(H,24,27). The number of nitrogens with one attached hydrogen (secondary N) is 1. The van der Waals surface area contributed by atoms with Gasteiger partial charge in [0.2, 0.25) is 5.91 Å². The number of hydrogen-bond acceptors (Lipinski definition) is 4. The summed E-state index contributed by atoms with van der Waals surface area (Å²) < 4.78 is 18.5. The Morgan fingerprint density at radius 3 is 2.55 bits per heavy atom. The Labute approximate surface area is 169 Å². The minimum atomic E-state index is -0.406. The van der Waals surface area contributed by atoms with Crippen LogP contribution >= 0.6 is 0 Å². The maximum Gasteiger partial charge on any atom is 0.254 e. The third-order valence-corrected chi connectivity index (χ3v) is 4.77. The highest BCUT2D eigenvalue weighted by Crippen LogP contribution is 2.26. The van der Waals surface area contributed by atoms with E-state index in [4.69, 9.17) is 4.74 Å². The van der Waals surface area contributed by atoms with Gasteiger partial charge in [-0.3, -0.25) is 9.59 Å². The van der Waals surface area contributed by atoms with Crippen LogP contribution in [0.25, 0.3) is 6.08 Å². The van der Waals surface area contributed by atoms with E-state index in [-0.39, 0.29) is 11.7 Å². The summed E-state index contributed by atoms with van der Waals surface area (Å²) in [5.41, 5.74) is 1.47. The highest BCUT2D eigenvalue weighted by Gasteiger charge is 2.21. The monoisotopic (exact) mass is 397 g/mol. The van der Waals surface area contributed by atoms with Crippen molar-refractivity contribution < 1.29 is 18.7 Å². The molecule has 0 atom stereocenters. The number of methoxy groups -OCH3 is 1. The molecule has 0 aromatic heterocycles. The second-order valence-electron chi connectivity index (χ2n) is 6.89. The Bertz CT molecular complexity index is 921. The molecule has 1 aliphatic heterocycles. The maximum absolute atomic E-state index is 13.2. The lowest BCUT2D eigenvalue weighted by Crippen LogP contribution is -2.47. The van der Waals surface area contributed by atoms with E-state index in [1.165, 1.54) is 31.4 Å². The van der Waals surface area contributed by atoms with Crippen LogP contribution in [-0.2, 0) is 4.79 Å². The smallest absolute Gasteiger partial charge is 0.254 e. The summed E-state index contributed by atoms with van der Waals surface area (Å²) >= 11 is 0. The Kier molecular flexibility index (Phi) is 6.61. The van der Waals surface area contributed by atoms with Gasteiger partial charge in [0.05, 0.1) is 12.8 Å². The van der Waals surface area contributed by atoms with Gasteiger partial charge in [0.15, 0.2) is 0 Å². The molecule has 152 valence electrons. The molecule has 1 N–H and O–H groups in total. The lowest BCUT2D eigenvalue weighted by Gasteiger charge is -2.32. The summed E-state index contributed by atoms with van der Waals surface area (Å²) in [6, 6.07) is 10.9. The average molecular weight is 397 g/mol. The number of rotatable bonds is 5. The number of nitrogens with zero attached hydrogens (tertiary/aromatic N) is 2. The number of piperazine rings is 1. The van der Waals surface area contributed by atoms with Gasteiger partial charge in [-0.2, -0.15) is 0 Å². The molecule has 2 aromatic rings. The number of carbonyl (C=O) groups is 2. The molecule has 29 heavy (non-hydrogen) atoms. The topological polar surface area (TPSA) is 61.9 Å². The third kappa shape index (κ3) is 5.42. The van der Waals surface area contributed by atoms with Gasteiger partial charge in [-0.1, -0.05) is 12.1 Å². The van der Waals surface area contributed by atoms with E-state index in [1.807, 2.05) is 7.05 Å². The zero-order valence-electron chi connectivity index (χ0n) is 16.5. The first-order valence-corrected chi connectivity index (χ1v) is 9.37. The van der Waals surface area contributed by atoms with Crippen molar-refractivity contribution in [2.24, 2.45) is 0 Å². The molecule has 1 saturated heterocycles. The molecular formula is C22H24FN3O3. The van der Waals surface area contributed by atoms with Gasteiger partial charge in [-0.05, 0) is 49.0 Å². The number of likely N-dealkylation sites (N-methyl/N-ethyl adjacent to an activating group) is 1. The van der Waals surface area contributed by atoms with E-state index >= 15 is 0 Å². The van der Waals surface area contributed by atoms with Crippen LogP contribution in [0, 0.1) is 5.82 Å². The molecule has 0 aliphatic carbocycles. The van der Waals surface area contributed by atoms with Crippen molar-refractivity contribution in [3.05, 3.63) is 65.5 Å². The van der Waals surface area contributed by atoms with Gasteiger partial charge in [-0.15, -0.1) is 0 Å². The summed E-state index contributed by atoms with van der Waals surface area (Å²) in [5, 5.41) is 2.73. The highest BCUT2D eigenvalue weighted by atomic mass is 19.1. The second kappa shape index (κ2) is 9.34. The molecule has 0 unspecified atom stereocenters. The molecule has 1 aliphatic rings. The second-order valence-corrected chi connectivity index (χ2v) is 6.89. The predicted molar refractivity (Wildman–Crippen MR) is 110 cm³/mol. The first kappa shape index (κ1) is 20.5. The molecule has 1 fully saturated rings. The summed E-state index contributed by atoms with van der Waals surface area (Å²) in [6.07, 6.45) is 2.83. The normalized spacial score (nSPS) is 14.8. The van der Waals surface area contributed by atoms with Gasteiger partial charge in [-0.25, -0.2) is 4.39 Å². The van der Waals surface area contributed by atoms with Crippen LogP contribution in [0.1, 0.15) is 15.9 Å². The Morgan fingerprint density at radius 2 is 1.86 bits per heavy atom. The molecule has 0 radical (unpaired) electrons. The van der Waals surface area contributed by atoms with Crippen LogP contribution in [0.15, 0.2) is 48.5 Å². The minimum Gasteiger partial charge on any atom is -0.495 e. The van der Waals surface area contributed by atoms with Crippen LogP contribution in [0.4, 0.5) is 10.1 Å². The van der Waals surface area contributed by atoms with Crippen LogP contribution in [-0.4, -0.2) is 62.0 Å². The Balaban J connectivity index is 1.73.